The molecule has 0 radical (unpaired) electrons. The molecule has 0 saturated carbocycles. The molecule has 8 heteroatoms. The molecule has 0 aromatic heterocycles. The van der Waals surface area contributed by atoms with E-state index in [1.54, 1.807) is 13.8 Å². The van der Waals surface area contributed by atoms with Crippen molar-refractivity contribution in [1.82, 2.24) is 4.86 Å². The number of hydrogen-bond donors (Lipinski definition) is 1. The molecule has 1 atom stereocenters. The molecule has 0 aliphatic rings. The Bertz CT molecular complexity index is 259. The summed E-state index contributed by atoms with van der Waals surface area (Å²) in [7, 11) is -3.01. The summed E-state index contributed by atoms with van der Waals surface area (Å²) >= 11 is 0. The molecule has 14 heavy (non-hydrogen) atoms. The zero-order chi connectivity index (χ0) is 11.4. The molecule has 0 rings (SSSR count). The highest BCUT2D eigenvalue weighted by Gasteiger charge is 2.36. The van der Waals surface area contributed by atoms with Gasteiger partial charge in [-0.05, 0) is 0 Å². The summed E-state index contributed by atoms with van der Waals surface area (Å²) < 4.78 is 37.6. The topological polar surface area (TPSA) is 73.9 Å². The lowest BCUT2D eigenvalue weighted by atomic mass is 10.6. The Labute approximate surface area is 84.4 Å². The van der Waals surface area contributed by atoms with E-state index in [0.717, 1.165) is 0 Å². The van der Waals surface area contributed by atoms with Crippen molar-refractivity contribution in [2.24, 2.45) is 0 Å². The van der Waals surface area contributed by atoms with Crippen molar-refractivity contribution in [3.8, 4) is 0 Å². The van der Waals surface area contributed by atoms with Gasteiger partial charge in [-0.3, -0.25) is 13.6 Å². The molecule has 1 unspecified atom stereocenters. The molecule has 0 spiro atoms. The van der Waals surface area contributed by atoms with E-state index in [-0.39, 0.29) is 5.66 Å². The minimum absolute atomic E-state index is 0.314. The minimum atomic E-state index is -3.51. The van der Waals surface area contributed by atoms with E-state index in [9.17, 15) is 9.13 Å². The zero-order valence-corrected chi connectivity index (χ0v) is 10.8. The molecule has 0 heterocycles. The van der Waals surface area contributed by atoms with Crippen molar-refractivity contribution < 1.29 is 22.7 Å². The maximum Gasteiger partial charge on any atom is 0.412 e. The van der Waals surface area contributed by atoms with Crippen LogP contribution in [-0.4, -0.2) is 27.0 Å². The van der Waals surface area contributed by atoms with Crippen molar-refractivity contribution in [3.05, 3.63) is 0 Å². The number of nitrogens with one attached hydrogen (secondary N) is 1. The van der Waals surface area contributed by atoms with Crippen LogP contribution in [-0.2, 0) is 22.7 Å². The summed E-state index contributed by atoms with van der Waals surface area (Å²) in [5.41, 5.74) is -0.314. The zero-order valence-electron chi connectivity index (χ0n) is 9.01. The van der Waals surface area contributed by atoms with Crippen molar-refractivity contribution in [2.75, 3.05) is 21.3 Å². The molecule has 0 bridgehead atoms. The Morgan fingerprint density at radius 1 is 1.00 bits per heavy atom. The Balaban J connectivity index is 4.78. The van der Waals surface area contributed by atoms with Gasteiger partial charge in [-0.25, -0.2) is 4.57 Å². The third kappa shape index (κ3) is 3.46. The highest BCUT2D eigenvalue weighted by molar-refractivity contribution is 7.70. The first kappa shape index (κ1) is 14.3. The maximum atomic E-state index is 11.9. The normalized spacial score (nSPS) is 17.0. The van der Waals surface area contributed by atoms with Crippen LogP contribution in [0.2, 0.25) is 0 Å². The van der Waals surface area contributed by atoms with Crippen molar-refractivity contribution >= 4 is 15.3 Å². The Morgan fingerprint density at radius 2 is 1.43 bits per heavy atom. The molecule has 6 nitrogen and oxygen atoms in total. The fourth-order valence-electron chi connectivity index (χ4n) is 0.694. The highest BCUT2D eigenvalue weighted by Crippen LogP contribution is 2.58. The average molecular weight is 245 g/mol. The fraction of sp³-hybridized carbons (Fsp3) is 1.00. The number of rotatable bonds is 6. The van der Waals surface area contributed by atoms with Crippen LogP contribution >= 0.6 is 15.3 Å². The Hall–Kier alpha value is 0.300. The summed E-state index contributed by atoms with van der Waals surface area (Å²) in [6, 6.07) is 0. The summed E-state index contributed by atoms with van der Waals surface area (Å²) in [4.78, 5) is 2.30. The smallest absolute Gasteiger partial charge is 0.320 e. The van der Waals surface area contributed by atoms with E-state index in [4.69, 9.17) is 4.52 Å². The van der Waals surface area contributed by atoms with Gasteiger partial charge in [-0.1, -0.05) is 13.8 Å². The summed E-state index contributed by atoms with van der Waals surface area (Å²) in [5.74, 6) is 0. The van der Waals surface area contributed by atoms with Gasteiger partial charge in [0.15, 0.2) is 0 Å². The summed E-state index contributed by atoms with van der Waals surface area (Å²) in [6.45, 7) is 3.37. The van der Waals surface area contributed by atoms with Crippen LogP contribution in [0.15, 0.2) is 0 Å². The molecular formula is C6H17NO5P2. The fourth-order valence-corrected chi connectivity index (χ4v) is 4.53. The molecule has 0 fully saturated rings. The first-order chi connectivity index (χ1) is 6.33. The van der Waals surface area contributed by atoms with Crippen LogP contribution in [0, 0.1) is 0 Å². The van der Waals surface area contributed by atoms with Gasteiger partial charge in [0.2, 0.25) is 0 Å². The summed E-state index contributed by atoms with van der Waals surface area (Å²) in [5, 5.41) is 0. The van der Waals surface area contributed by atoms with Gasteiger partial charge < -0.3 is 4.52 Å². The second-order valence-corrected chi connectivity index (χ2v) is 7.95. The van der Waals surface area contributed by atoms with E-state index in [1.807, 2.05) is 0 Å². The van der Waals surface area contributed by atoms with Gasteiger partial charge in [0, 0.05) is 27.0 Å². The molecule has 0 saturated heterocycles. The molecule has 0 aliphatic carbocycles. The molecule has 0 aliphatic heterocycles. The van der Waals surface area contributed by atoms with Gasteiger partial charge in [-0.15, -0.1) is 4.86 Å². The Kier molecular flexibility index (Phi) is 5.52. The quantitative estimate of drug-likeness (QED) is 0.723. The van der Waals surface area contributed by atoms with Gasteiger partial charge >= 0.3 is 7.75 Å². The predicted molar refractivity (Wildman–Crippen MR) is 54.5 cm³/mol. The lowest BCUT2D eigenvalue weighted by Crippen LogP contribution is -2.17. The second-order valence-electron chi connectivity index (χ2n) is 2.84. The standard InChI is InChI=1S/C6H17NO5P2/c1-6(2)13(8,10-3)7-14(9,11-4)12-5/h6H,1-5H3,(H,7,8,9). The lowest BCUT2D eigenvalue weighted by Gasteiger charge is -2.24. The monoisotopic (exact) mass is 245 g/mol. The molecule has 1 N–H and O–H groups in total. The SMILES string of the molecule is COP(=O)(NP(=O)(OC)C(C)C)OC. The van der Waals surface area contributed by atoms with E-state index in [0.29, 0.717) is 0 Å². The van der Waals surface area contributed by atoms with Crippen LogP contribution in [0.25, 0.3) is 0 Å². The van der Waals surface area contributed by atoms with E-state index in [2.05, 4.69) is 13.9 Å². The first-order valence-corrected chi connectivity index (χ1v) is 7.23. The lowest BCUT2D eigenvalue weighted by molar-refractivity contribution is 0.268. The van der Waals surface area contributed by atoms with Crippen molar-refractivity contribution in [2.45, 2.75) is 19.5 Å². The van der Waals surface area contributed by atoms with E-state index < -0.39 is 15.3 Å². The largest absolute Gasteiger partial charge is 0.412 e. The average Bonchev–Trinajstić information content (AvgIpc) is 2.17. The van der Waals surface area contributed by atoms with E-state index >= 15 is 0 Å². The third-order valence-corrected chi connectivity index (χ3v) is 6.65. The summed E-state index contributed by atoms with van der Waals surface area (Å²) in [6.07, 6.45) is 0. The molecule has 0 amide bonds. The van der Waals surface area contributed by atoms with Crippen molar-refractivity contribution in [3.63, 3.8) is 0 Å². The van der Waals surface area contributed by atoms with Gasteiger partial charge in [0.25, 0.3) is 7.52 Å². The van der Waals surface area contributed by atoms with Gasteiger partial charge in [0.1, 0.15) is 0 Å². The molecular weight excluding hydrogens is 228 g/mol. The third-order valence-electron chi connectivity index (χ3n) is 1.69. The van der Waals surface area contributed by atoms with Crippen LogP contribution in [0.5, 0.6) is 0 Å². The van der Waals surface area contributed by atoms with Crippen LogP contribution in [0.1, 0.15) is 13.8 Å². The van der Waals surface area contributed by atoms with E-state index in [1.165, 1.54) is 21.3 Å². The highest BCUT2D eigenvalue weighted by atomic mass is 31.2. The number of hydrogen-bond acceptors (Lipinski definition) is 5. The second kappa shape index (κ2) is 5.40. The molecule has 0 aromatic rings. The molecule has 0 aromatic carbocycles. The Morgan fingerprint density at radius 3 is 1.64 bits per heavy atom. The van der Waals surface area contributed by atoms with Gasteiger partial charge in [0.05, 0.1) is 0 Å². The van der Waals surface area contributed by atoms with Crippen LogP contribution in [0.3, 0.4) is 0 Å². The van der Waals surface area contributed by atoms with Crippen LogP contribution in [0.4, 0.5) is 0 Å². The van der Waals surface area contributed by atoms with Crippen molar-refractivity contribution in [1.29, 1.82) is 0 Å². The van der Waals surface area contributed by atoms with Crippen LogP contribution < -0.4 is 4.86 Å². The molecule has 86 valence electrons. The minimum Gasteiger partial charge on any atom is -0.320 e. The first-order valence-electron chi connectivity index (χ1n) is 4.00. The van der Waals surface area contributed by atoms with Gasteiger partial charge in [-0.2, -0.15) is 0 Å². The predicted octanol–water partition coefficient (Wildman–Crippen LogP) is 2.22. The maximum absolute atomic E-state index is 11.9.